The van der Waals surface area contributed by atoms with Gasteiger partial charge in [-0.3, -0.25) is 4.79 Å². The number of carbonyl (C=O) groups excluding carboxylic acids is 1. The van der Waals surface area contributed by atoms with E-state index in [1.807, 2.05) is 0 Å². The molecule has 1 unspecified atom stereocenters. The highest BCUT2D eigenvalue weighted by atomic mass is 35.5. The van der Waals surface area contributed by atoms with Gasteiger partial charge in [0.05, 0.1) is 5.69 Å². The normalized spacial score (nSPS) is 15.1. The second-order valence-corrected chi connectivity index (χ2v) is 5.01. The summed E-state index contributed by atoms with van der Waals surface area (Å²) >= 11 is 0. The molecule has 1 aromatic heterocycles. The number of hydrogen-bond acceptors (Lipinski definition) is 5. The van der Waals surface area contributed by atoms with Crippen molar-refractivity contribution in [1.82, 2.24) is 25.5 Å². The Kier molecular flexibility index (Phi) is 4.87. The van der Waals surface area contributed by atoms with Crippen LogP contribution >= 0.6 is 12.4 Å². The van der Waals surface area contributed by atoms with Gasteiger partial charge in [0, 0.05) is 18.2 Å². The second-order valence-electron chi connectivity index (χ2n) is 5.01. The Bertz CT molecular complexity index is 581. The third-order valence-electron chi connectivity index (χ3n) is 3.47. The SMILES string of the molecule is Cl.NC(CNC(=O)c1ccc(-n2cnnn2)cc1)C1CC1. The third-order valence-corrected chi connectivity index (χ3v) is 3.47. The van der Waals surface area contributed by atoms with E-state index in [1.54, 1.807) is 24.3 Å². The summed E-state index contributed by atoms with van der Waals surface area (Å²) in [6.07, 6.45) is 3.86. The van der Waals surface area contributed by atoms with Crippen LogP contribution in [0.3, 0.4) is 0 Å². The van der Waals surface area contributed by atoms with Gasteiger partial charge in [0.25, 0.3) is 5.91 Å². The molecule has 8 heteroatoms. The molecule has 1 saturated carbocycles. The molecular weight excluding hydrogens is 292 g/mol. The van der Waals surface area contributed by atoms with Crippen LogP contribution in [0.25, 0.3) is 5.69 Å². The maximum Gasteiger partial charge on any atom is 0.251 e. The van der Waals surface area contributed by atoms with Crippen LogP contribution in [0, 0.1) is 5.92 Å². The van der Waals surface area contributed by atoms with E-state index in [0.717, 1.165) is 5.69 Å². The van der Waals surface area contributed by atoms with E-state index >= 15 is 0 Å². The van der Waals surface area contributed by atoms with Crippen molar-refractivity contribution in [2.24, 2.45) is 11.7 Å². The number of carbonyl (C=O) groups is 1. The van der Waals surface area contributed by atoms with Crippen LogP contribution in [0.1, 0.15) is 23.2 Å². The van der Waals surface area contributed by atoms with E-state index in [4.69, 9.17) is 5.73 Å². The zero-order chi connectivity index (χ0) is 13.9. The van der Waals surface area contributed by atoms with Crippen LogP contribution in [-0.2, 0) is 0 Å². The standard InChI is InChI=1S/C13H16N6O.ClH/c14-12(9-1-2-9)7-15-13(20)10-3-5-11(6-4-10)19-8-16-17-18-19;/h3-6,8-9,12H,1-2,7,14H2,(H,15,20);1H. The quantitative estimate of drug-likeness (QED) is 0.840. The van der Waals surface area contributed by atoms with Crippen LogP contribution in [0.15, 0.2) is 30.6 Å². The fourth-order valence-electron chi connectivity index (χ4n) is 2.05. The first-order chi connectivity index (χ1) is 9.74. The lowest BCUT2D eigenvalue weighted by molar-refractivity contribution is 0.0950. The number of nitrogens with one attached hydrogen (secondary N) is 1. The van der Waals surface area contributed by atoms with Crippen molar-refractivity contribution in [3.8, 4) is 5.69 Å². The highest BCUT2D eigenvalue weighted by Crippen LogP contribution is 2.31. The number of amides is 1. The molecule has 1 aromatic carbocycles. The molecule has 3 N–H and O–H groups in total. The minimum Gasteiger partial charge on any atom is -0.350 e. The maximum absolute atomic E-state index is 12.0. The molecule has 1 aliphatic carbocycles. The lowest BCUT2D eigenvalue weighted by Gasteiger charge is -2.11. The number of aromatic nitrogens is 4. The van der Waals surface area contributed by atoms with Gasteiger partial charge in [0.1, 0.15) is 6.33 Å². The largest absolute Gasteiger partial charge is 0.350 e. The van der Waals surface area contributed by atoms with Crippen molar-refractivity contribution >= 4 is 18.3 Å². The Balaban J connectivity index is 0.00000161. The topological polar surface area (TPSA) is 98.7 Å². The summed E-state index contributed by atoms with van der Waals surface area (Å²) < 4.78 is 1.53. The van der Waals surface area contributed by atoms with E-state index in [0.29, 0.717) is 18.0 Å². The first-order valence-electron chi connectivity index (χ1n) is 6.61. The maximum atomic E-state index is 12.0. The van der Waals surface area contributed by atoms with Crippen LogP contribution in [-0.4, -0.2) is 38.7 Å². The molecular formula is C13H17ClN6O. The Morgan fingerprint density at radius 2 is 2.10 bits per heavy atom. The fourth-order valence-corrected chi connectivity index (χ4v) is 2.05. The van der Waals surface area contributed by atoms with Gasteiger partial charge in [0.15, 0.2) is 0 Å². The number of nitrogens with zero attached hydrogens (tertiary/aromatic N) is 4. The number of rotatable bonds is 5. The molecule has 1 heterocycles. The van der Waals surface area contributed by atoms with E-state index in [2.05, 4.69) is 20.8 Å². The Labute approximate surface area is 128 Å². The summed E-state index contributed by atoms with van der Waals surface area (Å²) in [6, 6.07) is 7.15. The molecule has 1 aliphatic rings. The molecule has 21 heavy (non-hydrogen) atoms. The van der Waals surface area contributed by atoms with Gasteiger partial charge in [0.2, 0.25) is 0 Å². The van der Waals surface area contributed by atoms with Crippen molar-refractivity contribution in [2.75, 3.05) is 6.54 Å². The number of nitrogens with two attached hydrogens (primary N) is 1. The van der Waals surface area contributed by atoms with E-state index in [1.165, 1.54) is 23.9 Å². The molecule has 2 aromatic rings. The van der Waals surface area contributed by atoms with E-state index < -0.39 is 0 Å². The average Bonchev–Trinajstić information content (AvgIpc) is 3.19. The highest BCUT2D eigenvalue weighted by molar-refractivity contribution is 5.94. The fraction of sp³-hybridized carbons (Fsp3) is 0.385. The summed E-state index contributed by atoms with van der Waals surface area (Å²) in [5.74, 6) is 0.474. The Morgan fingerprint density at radius 3 is 2.67 bits per heavy atom. The van der Waals surface area contributed by atoms with Crippen LogP contribution < -0.4 is 11.1 Å². The monoisotopic (exact) mass is 308 g/mol. The third kappa shape index (κ3) is 3.77. The predicted molar refractivity (Wildman–Crippen MR) is 79.4 cm³/mol. The molecule has 1 atom stereocenters. The van der Waals surface area contributed by atoms with Gasteiger partial charge in [-0.1, -0.05) is 0 Å². The van der Waals surface area contributed by atoms with Crippen LogP contribution in [0.4, 0.5) is 0 Å². The van der Waals surface area contributed by atoms with Crippen molar-refractivity contribution < 1.29 is 4.79 Å². The summed E-state index contributed by atoms with van der Waals surface area (Å²) in [5, 5.41) is 13.8. The zero-order valence-corrected chi connectivity index (χ0v) is 12.2. The van der Waals surface area contributed by atoms with Crippen molar-refractivity contribution in [3.05, 3.63) is 36.2 Å². The molecule has 112 valence electrons. The predicted octanol–water partition coefficient (Wildman–Crippen LogP) is 0.551. The number of benzene rings is 1. The number of halogens is 1. The highest BCUT2D eigenvalue weighted by Gasteiger charge is 2.28. The van der Waals surface area contributed by atoms with Gasteiger partial charge in [-0.15, -0.1) is 17.5 Å². The molecule has 0 saturated heterocycles. The van der Waals surface area contributed by atoms with Crippen LogP contribution in [0.2, 0.25) is 0 Å². The van der Waals surface area contributed by atoms with Gasteiger partial charge >= 0.3 is 0 Å². The van der Waals surface area contributed by atoms with E-state index in [-0.39, 0.29) is 24.4 Å². The molecule has 0 radical (unpaired) electrons. The van der Waals surface area contributed by atoms with Gasteiger partial charge in [-0.2, -0.15) is 0 Å². The summed E-state index contributed by atoms with van der Waals surface area (Å²) in [4.78, 5) is 12.0. The first kappa shape index (κ1) is 15.4. The van der Waals surface area contributed by atoms with Gasteiger partial charge < -0.3 is 11.1 Å². The van der Waals surface area contributed by atoms with Gasteiger partial charge in [-0.05, 0) is 53.5 Å². The molecule has 3 rings (SSSR count). The lowest BCUT2D eigenvalue weighted by Crippen LogP contribution is -2.38. The van der Waals surface area contributed by atoms with Crippen molar-refractivity contribution in [1.29, 1.82) is 0 Å². The first-order valence-corrected chi connectivity index (χ1v) is 6.61. The molecule has 7 nitrogen and oxygen atoms in total. The zero-order valence-electron chi connectivity index (χ0n) is 11.3. The molecule has 0 spiro atoms. The summed E-state index contributed by atoms with van der Waals surface area (Å²) in [5.41, 5.74) is 7.36. The Morgan fingerprint density at radius 1 is 1.38 bits per heavy atom. The summed E-state index contributed by atoms with van der Waals surface area (Å²) in [6.45, 7) is 0.526. The lowest BCUT2D eigenvalue weighted by atomic mass is 10.1. The summed E-state index contributed by atoms with van der Waals surface area (Å²) in [7, 11) is 0. The van der Waals surface area contributed by atoms with Crippen LogP contribution in [0.5, 0.6) is 0 Å². The van der Waals surface area contributed by atoms with E-state index in [9.17, 15) is 4.79 Å². The minimum atomic E-state index is -0.107. The molecule has 0 bridgehead atoms. The smallest absolute Gasteiger partial charge is 0.251 e. The molecule has 1 fully saturated rings. The Hall–Kier alpha value is -1.99. The minimum absolute atomic E-state index is 0. The molecule has 0 aliphatic heterocycles. The molecule has 1 amide bonds. The second kappa shape index (κ2) is 6.64. The average molecular weight is 309 g/mol. The van der Waals surface area contributed by atoms with Crippen molar-refractivity contribution in [2.45, 2.75) is 18.9 Å². The number of tetrazole rings is 1. The van der Waals surface area contributed by atoms with Gasteiger partial charge in [-0.25, -0.2) is 4.68 Å². The van der Waals surface area contributed by atoms with Crippen molar-refractivity contribution in [3.63, 3.8) is 0 Å². The number of hydrogen-bond donors (Lipinski definition) is 2.